The van der Waals surface area contributed by atoms with Gasteiger partial charge in [-0.25, -0.2) is 4.79 Å². The summed E-state index contributed by atoms with van der Waals surface area (Å²) < 4.78 is 0. The van der Waals surface area contributed by atoms with E-state index in [1.54, 1.807) is 13.8 Å². The number of nitrogens with one attached hydrogen (secondary N) is 5. The summed E-state index contributed by atoms with van der Waals surface area (Å²) in [6.45, 7) is 4.42. The van der Waals surface area contributed by atoms with Gasteiger partial charge in [-0.05, 0) is 32.6 Å². The summed E-state index contributed by atoms with van der Waals surface area (Å²) in [5.41, 5.74) is 10.6. The maximum Gasteiger partial charge on any atom is 0.328 e. The zero-order valence-corrected chi connectivity index (χ0v) is 22.9. The number of carboxylic acid groups (broad SMARTS) is 1. The van der Waals surface area contributed by atoms with Gasteiger partial charge in [-0.3, -0.25) is 28.8 Å². The van der Waals surface area contributed by atoms with Gasteiger partial charge >= 0.3 is 5.97 Å². The zero-order chi connectivity index (χ0) is 31.2. The lowest BCUT2D eigenvalue weighted by Gasteiger charge is -2.26. The van der Waals surface area contributed by atoms with Crippen molar-refractivity contribution < 1.29 is 48.9 Å². The van der Waals surface area contributed by atoms with E-state index in [-0.39, 0.29) is 25.2 Å². The van der Waals surface area contributed by atoms with E-state index in [2.05, 4.69) is 21.3 Å². The number of nitrogens with two attached hydrogens (primary N) is 2. The molecule has 12 N–H and O–H groups in total. The second-order valence-corrected chi connectivity index (χ2v) is 9.60. The molecule has 0 bridgehead atoms. The molecule has 0 aromatic carbocycles. The number of amides is 6. The molecule has 0 aliphatic rings. The Labute approximate surface area is 231 Å². The largest absolute Gasteiger partial charge is 0.480 e. The highest BCUT2D eigenvalue weighted by Crippen LogP contribution is 2.08. The van der Waals surface area contributed by atoms with Crippen molar-refractivity contribution in [3.05, 3.63) is 0 Å². The Morgan fingerprint density at radius 2 is 1.10 bits per heavy atom. The summed E-state index contributed by atoms with van der Waals surface area (Å²) in [5, 5.41) is 39.0. The van der Waals surface area contributed by atoms with E-state index in [1.807, 2.05) is 5.32 Å². The van der Waals surface area contributed by atoms with Crippen LogP contribution in [0.5, 0.6) is 0 Å². The van der Waals surface area contributed by atoms with Gasteiger partial charge in [0, 0.05) is 6.42 Å². The molecule has 40 heavy (non-hydrogen) atoms. The molecule has 0 heterocycles. The monoisotopic (exact) mass is 575 g/mol. The lowest BCUT2D eigenvalue weighted by molar-refractivity contribution is -0.143. The van der Waals surface area contributed by atoms with Gasteiger partial charge in [0.05, 0.1) is 19.3 Å². The molecule has 17 heteroatoms. The van der Waals surface area contributed by atoms with E-state index in [0.717, 1.165) is 0 Å². The first-order valence-corrected chi connectivity index (χ1v) is 12.5. The van der Waals surface area contributed by atoms with Crippen LogP contribution in [0.3, 0.4) is 0 Å². The molecule has 0 aliphatic carbocycles. The van der Waals surface area contributed by atoms with Crippen LogP contribution in [0.1, 0.15) is 47.0 Å². The Morgan fingerprint density at radius 1 is 0.650 bits per heavy atom. The lowest BCUT2D eigenvalue weighted by Crippen LogP contribution is -2.59. The van der Waals surface area contributed by atoms with Crippen molar-refractivity contribution >= 4 is 41.4 Å². The van der Waals surface area contributed by atoms with E-state index in [1.165, 1.54) is 13.8 Å². The Morgan fingerprint density at radius 3 is 1.55 bits per heavy atom. The number of hydrogen-bond acceptors (Lipinski definition) is 10. The summed E-state index contributed by atoms with van der Waals surface area (Å²) in [5.74, 6) is -6.75. The molecule has 0 fully saturated rings. The van der Waals surface area contributed by atoms with Crippen LogP contribution in [0.25, 0.3) is 0 Å². The molecule has 6 atom stereocenters. The number of rotatable bonds is 18. The maximum atomic E-state index is 13.1. The molecule has 0 aliphatic heterocycles. The average Bonchev–Trinajstić information content (AvgIpc) is 2.86. The van der Waals surface area contributed by atoms with Gasteiger partial charge in [0.2, 0.25) is 35.4 Å². The third-order valence-electron chi connectivity index (χ3n) is 5.43. The molecular weight excluding hydrogens is 534 g/mol. The Balaban J connectivity index is 5.72. The third-order valence-corrected chi connectivity index (χ3v) is 5.43. The Hall–Kier alpha value is -3.83. The molecular formula is C23H41N7O10. The van der Waals surface area contributed by atoms with Crippen LogP contribution in [0.4, 0.5) is 0 Å². The number of carboxylic acids is 1. The summed E-state index contributed by atoms with van der Waals surface area (Å²) in [6, 6.07) is -7.94. The number of aliphatic hydroxyl groups excluding tert-OH is 2. The highest BCUT2D eigenvalue weighted by molar-refractivity contribution is 5.96. The third kappa shape index (κ3) is 13.3. The minimum atomic E-state index is -1.70. The van der Waals surface area contributed by atoms with Crippen LogP contribution in [-0.2, 0) is 33.6 Å². The predicted octanol–water partition coefficient (Wildman–Crippen LogP) is -4.84. The van der Waals surface area contributed by atoms with E-state index >= 15 is 0 Å². The van der Waals surface area contributed by atoms with Crippen LogP contribution in [0.15, 0.2) is 0 Å². The maximum absolute atomic E-state index is 13.1. The standard InChI is InChI=1S/C23H41N7O10/c1-10(2)7-14(28-19(35)12(4)26-18(34)11(3)24)21(37)27-13(5-6-17(25)33)20(36)29-15(8-31)22(38)30-16(9-32)23(39)40/h10-16,31-32H,5-9,24H2,1-4H3,(H2,25,33)(H,26,34)(H,27,37)(H,28,35)(H,29,36)(H,30,38)(H,39,40)/t11-,12-,13-,14-,15-,16-/m0/s1. The molecule has 0 spiro atoms. The van der Waals surface area contributed by atoms with E-state index in [9.17, 15) is 38.7 Å². The molecule has 0 aromatic rings. The smallest absolute Gasteiger partial charge is 0.328 e. The zero-order valence-electron chi connectivity index (χ0n) is 22.9. The highest BCUT2D eigenvalue weighted by atomic mass is 16.4. The van der Waals surface area contributed by atoms with Crippen molar-refractivity contribution in [2.24, 2.45) is 17.4 Å². The molecule has 0 unspecified atom stereocenters. The molecule has 228 valence electrons. The first-order chi connectivity index (χ1) is 18.5. The van der Waals surface area contributed by atoms with Crippen LogP contribution < -0.4 is 38.1 Å². The highest BCUT2D eigenvalue weighted by Gasteiger charge is 2.32. The Bertz CT molecular complexity index is 928. The van der Waals surface area contributed by atoms with Gasteiger partial charge in [-0.15, -0.1) is 0 Å². The normalized spacial score (nSPS) is 15.4. The predicted molar refractivity (Wildman–Crippen MR) is 139 cm³/mol. The van der Waals surface area contributed by atoms with E-state index < -0.39 is 90.9 Å². The molecule has 0 saturated heterocycles. The lowest BCUT2D eigenvalue weighted by atomic mass is 10.0. The first kappa shape index (κ1) is 36.2. The average molecular weight is 576 g/mol. The first-order valence-electron chi connectivity index (χ1n) is 12.5. The fourth-order valence-electron chi connectivity index (χ4n) is 3.16. The van der Waals surface area contributed by atoms with Crippen molar-refractivity contribution in [1.29, 1.82) is 0 Å². The molecule has 0 aromatic heterocycles. The summed E-state index contributed by atoms with van der Waals surface area (Å²) >= 11 is 0. The fraction of sp³-hybridized carbons (Fsp3) is 0.696. The summed E-state index contributed by atoms with van der Waals surface area (Å²) in [4.78, 5) is 85.2. The molecule has 0 saturated carbocycles. The van der Waals surface area contributed by atoms with Gasteiger partial charge in [0.1, 0.15) is 30.2 Å². The number of aliphatic hydroxyl groups is 2. The van der Waals surface area contributed by atoms with Crippen molar-refractivity contribution in [2.45, 2.75) is 83.2 Å². The van der Waals surface area contributed by atoms with Gasteiger partial charge in [0.25, 0.3) is 0 Å². The quantitative estimate of drug-likeness (QED) is 0.0739. The molecule has 17 nitrogen and oxygen atoms in total. The van der Waals surface area contributed by atoms with Crippen molar-refractivity contribution in [3.63, 3.8) is 0 Å². The van der Waals surface area contributed by atoms with Crippen molar-refractivity contribution in [3.8, 4) is 0 Å². The van der Waals surface area contributed by atoms with Gasteiger partial charge in [-0.2, -0.15) is 0 Å². The summed E-state index contributed by atoms with van der Waals surface area (Å²) in [6.07, 6.45) is -0.555. The fourth-order valence-corrected chi connectivity index (χ4v) is 3.16. The number of aliphatic carboxylic acids is 1. The molecule has 0 rings (SSSR count). The van der Waals surface area contributed by atoms with Gasteiger partial charge in [0.15, 0.2) is 0 Å². The topological polar surface area (TPSA) is 292 Å². The minimum absolute atomic E-state index is 0.112. The second-order valence-electron chi connectivity index (χ2n) is 9.60. The molecule has 0 radical (unpaired) electrons. The summed E-state index contributed by atoms with van der Waals surface area (Å²) in [7, 11) is 0. The number of hydrogen-bond donors (Lipinski definition) is 10. The van der Waals surface area contributed by atoms with Crippen molar-refractivity contribution in [1.82, 2.24) is 26.6 Å². The number of carbonyl (C=O) groups excluding carboxylic acids is 6. The Kier molecular flexibility index (Phi) is 16.0. The van der Waals surface area contributed by atoms with Gasteiger partial charge in [-0.1, -0.05) is 13.8 Å². The SMILES string of the molecule is CC(C)C[C@H](NC(=O)[C@H](C)NC(=O)[C@H](C)N)C(=O)N[C@@H](CCC(N)=O)C(=O)N[C@@H](CO)C(=O)N[C@@H](CO)C(=O)O. The van der Waals surface area contributed by atoms with Crippen LogP contribution in [0.2, 0.25) is 0 Å². The van der Waals surface area contributed by atoms with Crippen LogP contribution in [-0.4, -0.2) is 106 Å². The van der Waals surface area contributed by atoms with Gasteiger partial charge < -0.3 is 53.4 Å². The second kappa shape index (κ2) is 17.7. The van der Waals surface area contributed by atoms with E-state index in [4.69, 9.17) is 21.7 Å². The van der Waals surface area contributed by atoms with Crippen LogP contribution in [0, 0.1) is 5.92 Å². The van der Waals surface area contributed by atoms with E-state index in [0.29, 0.717) is 0 Å². The number of primary amides is 1. The van der Waals surface area contributed by atoms with Crippen molar-refractivity contribution in [2.75, 3.05) is 13.2 Å². The number of carbonyl (C=O) groups is 7. The molecule has 6 amide bonds. The minimum Gasteiger partial charge on any atom is -0.480 e. The van der Waals surface area contributed by atoms with Crippen LogP contribution >= 0.6 is 0 Å².